The summed E-state index contributed by atoms with van der Waals surface area (Å²) < 4.78 is 19.2. The zero-order valence-electron chi connectivity index (χ0n) is 10.6. The molecule has 0 nitrogen and oxygen atoms in total. The van der Waals surface area contributed by atoms with Crippen LogP contribution >= 0.6 is 19.8 Å². The molecule has 0 aliphatic rings. The molecule has 0 radical (unpaired) electrons. The van der Waals surface area contributed by atoms with Crippen molar-refractivity contribution in [2.75, 3.05) is 13.8 Å². The third-order valence-corrected chi connectivity index (χ3v) is 9.44. The summed E-state index contributed by atoms with van der Waals surface area (Å²) in [5.41, 5.74) is 0. The van der Waals surface area contributed by atoms with Crippen LogP contribution in [0.2, 0.25) is 0 Å². The molecule has 0 aromatic carbocycles. The SMILES string of the molecule is C=CI(C)CCCC(CC)C[I-]/C=C(\C)F. The maximum atomic E-state index is 12.5. The third kappa shape index (κ3) is 10.1. The van der Waals surface area contributed by atoms with Crippen molar-refractivity contribution in [3.8, 4) is 0 Å². The second kappa shape index (κ2) is 11.0. The van der Waals surface area contributed by atoms with E-state index in [1.54, 1.807) is 6.92 Å². The molecule has 1 unspecified atom stereocenters. The summed E-state index contributed by atoms with van der Waals surface area (Å²) >= 11 is -0.795. The van der Waals surface area contributed by atoms with E-state index in [-0.39, 0.29) is 27.0 Å². The number of hydrogen-bond donors (Lipinski definition) is 0. The molecule has 0 aliphatic carbocycles. The fourth-order valence-electron chi connectivity index (χ4n) is 1.32. The standard InChI is InChI=1S/C13H24FI2/c1-5-13(11-15-10-12(3)14)8-7-9-16(4)6-2/h6,10,13H,2,5,7-9,11H2,1,3-4H3/q-1/b12-10+. The van der Waals surface area contributed by atoms with Crippen LogP contribution < -0.4 is 21.2 Å². The zero-order valence-corrected chi connectivity index (χ0v) is 14.9. The van der Waals surface area contributed by atoms with Gasteiger partial charge in [0, 0.05) is 0 Å². The van der Waals surface area contributed by atoms with E-state index in [1.165, 1.54) is 28.1 Å². The van der Waals surface area contributed by atoms with Gasteiger partial charge < -0.3 is 0 Å². The van der Waals surface area contributed by atoms with Crippen LogP contribution in [0.3, 0.4) is 0 Å². The molecule has 3 heteroatoms. The molecule has 0 saturated carbocycles. The topological polar surface area (TPSA) is 0 Å². The van der Waals surface area contributed by atoms with E-state index in [0.29, 0.717) is 0 Å². The van der Waals surface area contributed by atoms with Crippen LogP contribution in [0, 0.1) is 5.92 Å². The average Bonchev–Trinajstić information content (AvgIpc) is 2.26. The van der Waals surface area contributed by atoms with Gasteiger partial charge >= 0.3 is 119 Å². The van der Waals surface area contributed by atoms with E-state index in [1.807, 2.05) is 4.08 Å². The van der Waals surface area contributed by atoms with Crippen molar-refractivity contribution in [2.45, 2.75) is 33.1 Å². The van der Waals surface area contributed by atoms with Gasteiger partial charge in [-0.25, -0.2) is 0 Å². The molecule has 0 heterocycles. The minimum absolute atomic E-state index is 0.0105. The Morgan fingerprint density at radius 3 is 2.75 bits per heavy atom. The van der Waals surface area contributed by atoms with Gasteiger partial charge in [0.25, 0.3) is 0 Å². The molecule has 0 fully saturated rings. The van der Waals surface area contributed by atoms with Gasteiger partial charge in [0.2, 0.25) is 0 Å². The minimum atomic E-state index is -0.752. The number of rotatable bonds is 9. The second-order valence-electron chi connectivity index (χ2n) is 3.90. The van der Waals surface area contributed by atoms with Gasteiger partial charge in [-0.1, -0.05) is 0 Å². The van der Waals surface area contributed by atoms with Gasteiger partial charge in [0.05, 0.1) is 0 Å². The molecule has 0 bridgehead atoms. The number of allylic oxidation sites excluding steroid dienone is 1. The van der Waals surface area contributed by atoms with Gasteiger partial charge in [-0.15, -0.1) is 0 Å². The second-order valence-corrected chi connectivity index (χ2v) is 11.9. The molecular weight excluding hydrogens is 429 g/mol. The van der Waals surface area contributed by atoms with Crippen LogP contribution in [-0.2, 0) is 0 Å². The first kappa shape index (κ1) is 16.9. The molecule has 0 saturated heterocycles. The fraction of sp³-hybridized carbons (Fsp3) is 0.692. The van der Waals surface area contributed by atoms with Gasteiger partial charge in [-0.2, -0.15) is 0 Å². The summed E-state index contributed by atoms with van der Waals surface area (Å²) in [6.45, 7) is 7.69. The molecule has 0 aromatic rings. The van der Waals surface area contributed by atoms with Crippen molar-refractivity contribution in [3.05, 3.63) is 20.6 Å². The summed E-state index contributed by atoms with van der Waals surface area (Å²) in [6, 6.07) is 0. The van der Waals surface area contributed by atoms with Crippen molar-refractivity contribution >= 4 is 19.8 Å². The van der Waals surface area contributed by atoms with Crippen molar-refractivity contribution < 1.29 is 25.6 Å². The predicted molar refractivity (Wildman–Crippen MR) is 77.8 cm³/mol. The van der Waals surface area contributed by atoms with Crippen LogP contribution in [0.25, 0.3) is 0 Å². The quantitative estimate of drug-likeness (QED) is 0.370. The van der Waals surface area contributed by atoms with Gasteiger partial charge in [-0.3, -0.25) is 0 Å². The van der Waals surface area contributed by atoms with E-state index in [2.05, 4.69) is 22.5 Å². The first-order valence-corrected chi connectivity index (χ1v) is 13.4. The van der Waals surface area contributed by atoms with Crippen LogP contribution in [0.1, 0.15) is 33.1 Å². The van der Waals surface area contributed by atoms with Crippen LogP contribution in [0.5, 0.6) is 0 Å². The third-order valence-electron chi connectivity index (χ3n) is 2.42. The van der Waals surface area contributed by atoms with Crippen molar-refractivity contribution in [1.29, 1.82) is 0 Å². The van der Waals surface area contributed by atoms with Crippen molar-refractivity contribution in [1.82, 2.24) is 0 Å². The zero-order chi connectivity index (χ0) is 12.4. The summed E-state index contributed by atoms with van der Waals surface area (Å²) in [6.07, 6.45) is 3.95. The Bertz CT molecular complexity index is 210. The summed E-state index contributed by atoms with van der Waals surface area (Å²) in [4.78, 5) is 2.37. The maximum absolute atomic E-state index is 12.5. The molecule has 0 spiro atoms. The first-order chi connectivity index (χ1) is 7.60. The molecule has 1 atom stereocenters. The fourth-order valence-corrected chi connectivity index (χ4v) is 6.05. The Balaban J connectivity index is 3.66. The number of halogens is 3. The van der Waals surface area contributed by atoms with E-state index >= 15 is 0 Å². The van der Waals surface area contributed by atoms with Gasteiger partial charge in [0.1, 0.15) is 0 Å². The monoisotopic (exact) mass is 453 g/mol. The van der Waals surface area contributed by atoms with E-state index in [4.69, 9.17) is 0 Å². The molecular formula is C13H24FI2-. The van der Waals surface area contributed by atoms with Gasteiger partial charge in [-0.05, 0) is 0 Å². The molecule has 0 amide bonds. The summed E-state index contributed by atoms with van der Waals surface area (Å²) in [7, 11) is 0. The van der Waals surface area contributed by atoms with E-state index in [0.717, 1.165) is 5.92 Å². The van der Waals surface area contributed by atoms with Crippen molar-refractivity contribution in [3.63, 3.8) is 0 Å². The Hall–Kier alpha value is 0.870. The Morgan fingerprint density at radius 2 is 2.25 bits per heavy atom. The Labute approximate surface area is 118 Å². The molecule has 0 rings (SSSR count). The molecule has 98 valence electrons. The molecule has 16 heavy (non-hydrogen) atoms. The Kier molecular flexibility index (Phi) is 11.6. The van der Waals surface area contributed by atoms with Crippen molar-refractivity contribution in [2.24, 2.45) is 5.92 Å². The normalized spacial score (nSPS) is 15.0. The summed E-state index contributed by atoms with van der Waals surface area (Å²) in [5, 5.41) is 0. The summed E-state index contributed by atoms with van der Waals surface area (Å²) in [5.74, 6) is 0.841. The van der Waals surface area contributed by atoms with E-state index in [9.17, 15) is 4.39 Å². The predicted octanol–water partition coefficient (Wildman–Crippen LogP) is 1.99. The van der Waals surface area contributed by atoms with Crippen LogP contribution in [0.4, 0.5) is 4.39 Å². The Morgan fingerprint density at radius 1 is 1.56 bits per heavy atom. The number of alkyl halides is 3. The average molecular weight is 453 g/mol. The molecule has 0 aliphatic heterocycles. The van der Waals surface area contributed by atoms with E-state index < -0.39 is 19.8 Å². The molecule has 0 N–H and O–H groups in total. The van der Waals surface area contributed by atoms with Crippen LogP contribution in [0.15, 0.2) is 20.6 Å². The first-order valence-electron chi connectivity index (χ1n) is 5.67. The van der Waals surface area contributed by atoms with Gasteiger partial charge in [0.15, 0.2) is 0 Å². The number of hydrogen-bond acceptors (Lipinski definition) is 0. The van der Waals surface area contributed by atoms with Crippen LogP contribution in [-0.4, -0.2) is 13.8 Å². The molecule has 0 aromatic heterocycles.